The van der Waals surface area contributed by atoms with E-state index in [-0.39, 0.29) is 11.7 Å². The molecule has 0 bridgehead atoms. The zero-order chi connectivity index (χ0) is 24.1. The fraction of sp³-hybridized carbons (Fsp3) is 0.192. The van der Waals surface area contributed by atoms with Crippen molar-refractivity contribution < 1.29 is 18.3 Å². The van der Waals surface area contributed by atoms with E-state index in [0.29, 0.717) is 64.7 Å². The lowest BCUT2D eigenvalue weighted by Crippen LogP contribution is -2.18. The number of amides is 1. The Kier molecular flexibility index (Phi) is 6.74. The predicted molar refractivity (Wildman–Crippen MR) is 127 cm³/mol. The van der Waals surface area contributed by atoms with Crippen LogP contribution in [0.4, 0.5) is 10.2 Å². The van der Waals surface area contributed by atoms with Gasteiger partial charge in [-0.25, -0.2) is 4.39 Å². The first-order valence-electron chi connectivity index (χ1n) is 10.9. The van der Waals surface area contributed by atoms with Gasteiger partial charge in [0.25, 0.3) is 5.91 Å². The number of hydrogen-bond donors (Lipinski definition) is 2. The van der Waals surface area contributed by atoms with Crippen molar-refractivity contribution in [3.8, 4) is 23.1 Å². The van der Waals surface area contributed by atoms with E-state index in [1.807, 2.05) is 19.1 Å². The Bertz CT molecular complexity index is 1370. The Hall–Kier alpha value is -4.38. The second-order valence-electron chi connectivity index (χ2n) is 7.48. The smallest absolute Gasteiger partial charge is 0.255 e. The standard InChI is InChI=1S/C26H23FN4O3/c1-3-16-14-20-22(25(32)29-2)23(17-8-10-19(27)11-9-17)34-26(20)31-24(16)30-12-13-33-21-7-5-4-6-18(21)15-28/h4-11,14H,3,12-13H2,1-2H3,(H,29,32)(H,30,31). The number of anilines is 1. The lowest BCUT2D eigenvalue weighted by atomic mass is 10.0. The van der Waals surface area contributed by atoms with E-state index in [1.165, 1.54) is 12.1 Å². The molecular formula is C26H23FN4O3. The molecule has 0 saturated carbocycles. The van der Waals surface area contributed by atoms with Gasteiger partial charge >= 0.3 is 0 Å². The van der Waals surface area contributed by atoms with Crippen molar-refractivity contribution in [1.82, 2.24) is 10.3 Å². The largest absolute Gasteiger partial charge is 0.490 e. The summed E-state index contributed by atoms with van der Waals surface area (Å²) in [5.41, 5.74) is 2.61. The number of hydrogen-bond acceptors (Lipinski definition) is 6. The maximum absolute atomic E-state index is 13.4. The van der Waals surface area contributed by atoms with Gasteiger partial charge in [0, 0.05) is 12.6 Å². The monoisotopic (exact) mass is 458 g/mol. The molecule has 2 N–H and O–H groups in total. The highest BCUT2D eigenvalue weighted by atomic mass is 19.1. The number of rotatable bonds is 8. The topological polar surface area (TPSA) is 100 Å². The van der Waals surface area contributed by atoms with Gasteiger partial charge in [0.05, 0.1) is 23.1 Å². The third kappa shape index (κ3) is 4.55. The van der Waals surface area contributed by atoms with Crippen molar-refractivity contribution in [3.05, 3.63) is 77.1 Å². The summed E-state index contributed by atoms with van der Waals surface area (Å²) in [6.07, 6.45) is 0.674. The summed E-state index contributed by atoms with van der Waals surface area (Å²) in [7, 11) is 1.55. The summed E-state index contributed by atoms with van der Waals surface area (Å²) in [6, 6.07) is 16.8. The number of nitrogens with one attached hydrogen (secondary N) is 2. The first kappa shape index (κ1) is 22.8. The molecule has 1 amide bonds. The molecule has 0 atom stereocenters. The van der Waals surface area contributed by atoms with Crippen LogP contribution in [0.25, 0.3) is 22.4 Å². The van der Waals surface area contributed by atoms with Gasteiger partial charge in [-0.05, 0) is 54.4 Å². The number of aryl methyl sites for hydroxylation is 1. The molecule has 2 aromatic carbocycles. The summed E-state index contributed by atoms with van der Waals surface area (Å²) in [5, 5.41) is 15.7. The molecule has 0 aliphatic carbocycles. The quantitative estimate of drug-likeness (QED) is 0.364. The van der Waals surface area contributed by atoms with Crippen LogP contribution in [0.2, 0.25) is 0 Å². The molecule has 0 fully saturated rings. The second-order valence-corrected chi connectivity index (χ2v) is 7.48. The lowest BCUT2D eigenvalue weighted by molar-refractivity contribution is 0.0964. The van der Waals surface area contributed by atoms with Crippen LogP contribution < -0.4 is 15.4 Å². The first-order chi connectivity index (χ1) is 16.5. The highest BCUT2D eigenvalue weighted by Gasteiger charge is 2.23. The van der Waals surface area contributed by atoms with E-state index in [9.17, 15) is 14.4 Å². The number of nitrogens with zero attached hydrogens (tertiary/aromatic N) is 2. The first-order valence-corrected chi connectivity index (χ1v) is 10.9. The van der Waals surface area contributed by atoms with Crippen molar-refractivity contribution in [1.29, 1.82) is 5.26 Å². The summed E-state index contributed by atoms with van der Waals surface area (Å²) in [5.74, 6) is 0.787. The van der Waals surface area contributed by atoms with Gasteiger partial charge < -0.3 is 19.8 Å². The number of nitriles is 1. The number of furan rings is 1. The van der Waals surface area contributed by atoms with Crippen LogP contribution in [0, 0.1) is 17.1 Å². The van der Waals surface area contributed by atoms with Crippen LogP contribution in [-0.4, -0.2) is 31.1 Å². The van der Waals surface area contributed by atoms with Crippen molar-refractivity contribution >= 4 is 22.8 Å². The number of aromatic nitrogens is 1. The Morgan fingerprint density at radius 3 is 2.68 bits per heavy atom. The van der Waals surface area contributed by atoms with Gasteiger partial charge in [0.1, 0.15) is 35.8 Å². The molecule has 0 aliphatic heterocycles. The number of carbonyl (C=O) groups is 1. The summed E-state index contributed by atoms with van der Waals surface area (Å²) >= 11 is 0. The van der Waals surface area contributed by atoms with Crippen LogP contribution in [-0.2, 0) is 6.42 Å². The molecular weight excluding hydrogens is 435 g/mol. The van der Waals surface area contributed by atoms with Gasteiger partial charge in [0.15, 0.2) is 0 Å². The zero-order valence-corrected chi connectivity index (χ0v) is 18.8. The third-order valence-electron chi connectivity index (χ3n) is 5.36. The van der Waals surface area contributed by atoms with Crippen LogP contribution >= 0.6 is 0 Å². The van der Waals surface area contributed by atoms with Crippen molar-refractivity contribution in [2.24, 2.45) is 0 Å². The Morgan fingerprint density at radius 2 is 1.97 bits per heavy atom. The molecule has 34 heavy (non-hydrogen) atoms. The molecule has 4 aromatic rings. The Balaban J connectivity index is 1.63. The zero-order valence-electron chi connectivity index (χ0n) is 18.8. The molecule has 8 heteroatoms. The number of benzene rings is 2. The summed E-state index contributed by atoms with van der Waals surface area (Å²) in [6.45, 7) is 2.76. The minimum Gasteiger partial charge on any atom is -0.490 e. The van der Waals surface area contributed by atoms with Gasteiger partial charge in [0.2, 0.25) is 5.71 Å². The average Bonchev–Trinajstić information content (AvgIpc) is 3.24. The van der Waals surface area contributed by atoms with Crippen molar-refractivity contribution in [2.45, 2.75) is 13.3 Å². The number of fused-ring (bicyclic) bond motifs is 1. The number of carbonyl (C=O) groups excluding carboxylic acids is 1. The molecule has 0 unspecified atom stereocenters. The number of halogens is 1. The SMILES string of the molecule is CCc1cc2c(C(=O)NC)c(-c3ccc(F)cc3)oc2nc1NCCOc1ccccc1C#N. The van der Waals surface area contributed by atoms with Crippen LogP contribution in [0.1, 0.15) is 28.4 Å². The predicted octanol–water partition coefficient (Wildman–Crippen LogP) is 4.92. The molecule has 0 radical (unpaired) electrons. The highest BCUT2D eigenvalue weighted by Crippen LogP contribution is 2.35. The van der Waals surface area contributed by atoms with E-state index < -0.39 is 0 Å². The Morgan fingerprint density at radius 1 is 1.21 bits per heavy atom. The maximum atomic E-state index is 13.4. The average molecular weight is 458 g/mol. The van der Waals surface area contributed by atoms with Crippen LogP contribution in [0.5, 0.6) is 5.75 Å². The van der Waals surface area contributed by atoms with E-state index in [0.717, 1.165) is 5.56 Å². The molecule has 2 aromatic heterocycles. The van der Waals surface area contributed by atoms with Gasteiger partial charge in [-0.1, -0.05) is 19.1 Å². The van der Waals surface area contributed by atoms with E-state index in [4.69, 9.17) is 9.15 Å². The molecule has 7 nitrogen and oxygen atoms in total. The maximum Gasteiger partial charge on any atom is 0.255 e. The lowest BCUT2D eigenvalue weighted by Gasteiger charge is -2.11. The van der Waals surface area contributed by atoms with E-state index >= 15 is 0 Å². The molecule has 0 aliphatic rings. The molecule has 0 saturated heterocycles. The Labute approximate surface area is 196 Å². The van der Waals surface area contributed by atoms with Crippen molar-refractivity contribution in [2.75, 3.05) is 25.5 Å². The third-order valence-corrected chi connectivity index (χ3v) is 5.36. The highest BCUT2D eigenvalue weighted by molar-refractivity contribution is 6.10. The molecule has 0 spiro atoms. The van der Waals surface area contributed by atoms with Crippen molar-refractivity contribution in [3.63, 3.8) is 0 Å². The van der Waals surface area contributed by atoms with Crippen LogP contribution in [0.15, 0.2) is 59.0 Å². The molecule has 4 rings (SSSR count). The fourth-order valence-corrected chi connectivity index (χ4v) is 3.66. The summed E-state index contributed by atoms with van der Waals surface area (Å²) < 4.78 is 25.1. The number of ether oxygens (including phenoxy) is 1. The normalized spacial score (nSPS) is 10.6. The number of pyridine rings is 1. The number of para-hydroxylation sites is 1. The molecule has 2 heterocycles. The van der Waals surface area contributed by atoms with E-state index in [2.05, 4.69) is 21.7 Å². The van der Waals surface area contributed by atoms with Crippen LogP contribution in [0.3, 0.4) is 0 Å². The van der Waals surface area contributed by atoms with Gasteiger partial charge in [-0.15, -0.1) is 0 Å². The molecule has 172 valence electrons. The minimum atomic E-state index is -0.376. The fourth-order valence-electron chi connectivity index (χ4n) is 3.66. The summed E-state index contributed by atoms with van der Waals surface area (Å²) in [4.78, 5) is 17.3. The second kappa shape index (κ2) is 10.0. The van der Waals surface area contributed by atoms with Gasteiger partial charge in [-0.3, -0.25) is 4.79 Å². The van der Waals surface area contributed by atoms with Gasteiger partial charge in [-0.2, -0.15) is 10.2 Å². The minimum absolute atomic E-state index is 0.299. The van der Waals surface area contributed by atoms with E-state index in [1.54, 1.807) is 37.4 Å².